The molecular weight excluding hydrogens is 398 g/mol. The van der Waals surface area contributed by atoms with Gasteiger partial charge in [0.15, 0.2) is 0 Å². The minimum absolute atomic E-state index is 0.186. The molecule has 4 rings (SSSR count). The highest BCUT2D eigenvalue weighted by Crippen LogP contribution is 2.35. The second kappa shape index (κ2) is 6.77. The van der Waals surface area contributed by atoms with E-state index in [2.05, 4.69) is 27.3 Å². The number of amides is 1. The van der Waals surface area contributed by atoms with Gasteiger partial charge in [0.05, 0.1) is 5.69 Å². The van der Waals surface area contributed by atoms with E-state index >= 15 is 0 Å². The summed E-state index contributed by atoms with van der Waals surface area (Å²) in [6, 6.07) is 9.66. The first-order valence-electron chi connectivity index (χ1n) is 8.39. The molecule has 1 aliphatic rings. The summed E-state index contributed by atoms with van der Waals surface area (Å²) in [7, 11) is 0. The fraction of sp³-hybridized carbons (Fsp3) is 0.263. The fourth-order valence-corrected chi connectivity index (χ4v) is 4.65. The predicted octanol–water partition coefficient (Wildman–Crippen LogP) is 5.16. The number of halogens is 1. The highest BCUT2D eigenvalue weighted by Gasteiger charge is 2.20. The van der Waals surface area contributed by atoms with E-state index < -0.39 is 0 Å². The van der Waals surface area contributed by atoms with E-state index in [0.29, 0.717) is 10.6 Å². The van der Waals surface area contributed by atoms with E-state index in [1.54, 1.807) is 0 Å². The third-order valence-corrected chi connectivity index (χ3v) is 6.15. The Kier molecular flexibility index (Phi) is 4.48. The molecule has 1 amide bonds. The fourth-order valence-electron chi connectivity index (χ4n) is 3.26. The second-order valence-electron chi connectivity index (χ2n) is 6.32. The number of anilines is 2. The van der Waals surface area contributed by atoms with Crippen LogP contribution >= 0.6 is 27.3 Å². The number of aromatic nitrogens is 1. The van der Waals surface area contributed by atoms with Gasteiger partial charge in [0, 0.05) is 21.2 Å². The number of pyridine rings is 1. The average molecular weight is 416 g/mol. The van der Waals surface area contributed by atoms with Crippen molar-refractivity contribution in [2.24, 2.45) is 0 Å². The third kappa shape index (κ3) is 3.28. The molecule has 2 heterocycles. The lowest BCUT2D eigenvalue weighted by Gasteiger charge is -2.05. The molecule has 6 heteroatoms. The first kappa shape index (κ1) is 16.5. The van der Waals surface area contributed by atoms with Crippen LogP contribution in [0, 0.1) is 0 Å². The number of aryl methyl sites for hydroxylation is 2. The van der Waals surface area contributed by atoms with Crippen LogP contribution in [0.3, 0.4) is 0 Å². The summed E-state index contributed by atoms with van der Waals surface area (Å²) in [6.45, 7) is 0. The van der Waals surface area contributed by atoms with Crippen molar-refractivity contribution in [3.8, 4) is 0 Å². The number of rotatable bonds is 2. The molecule has 2 aromatic heterocycles. The number of hydrogen-bond acceptors (Lipinski definition) is 4. The lowest BCUT2D eigenvalue weighted by atomic mass is 10.1. The SMILES string of the molecule is Nc1c(C(=O)Nc2cccc(Br)c2)sc2nc3c(cc12)CCCCC3. The van der Waals surface area contributed by atoms with E-state index in [0.717, 1.165) is 33.2 Å². The Hall–Kier alpha value is -1.92. The zero-order chi connectivity index (χ0) is 17.4. The molecule has 0 unspecified atom stereocenters. The van der Waals surface area contributed by atoms with Crippen molar-refractivity contribution in [3.05, 3.63) is 50.9 Å². The summed E-state index contributed by atoms with van der Waals surface area (Å²) in [5.74, 6) is -0.186. The van der Waals surface area contributed by atoms with Crippen LogP contribution in [0.25, 0.3) is 10.2 Å². The van der Waals surface area contributed by atoms with Crippen LogP contribution in [-0.2, 0) is 12.8 Å². The Morgan fingerprint density at radius 2 is 2.04 bits per heavy atom. The van der Waals surface area contributed by atoms with E-state index in [1.807, 2.05) is 24.3 Å². The van der Waals surface area contributed by atoms with Gasteiger partial charge in [0.2, 0.25) is 0 Å². The smallest absolute Gasteiger partial charge is 0.267 e. The van der Waals surface area contributed by atoms with Gasteiger partial charge < -0.3 is 11.1 Å². The van der Waals surface area contributed by atoms with Crippen molar-refractivity contribution in [3.63, 3.8) is 0 Å². The molecule has 0 spiro atoms. The molecule has 0 aliphatic heterocycles. The van der Waals surface area contributed by atoms with Gasteiger partial charge in [0.1, 0.15) is 9.71 Å². The van der Waals surface area contributed by atoms with Gasteiger partial charge in [-0.25, -0.2) is 4.98 Å². The van der Waals surface area contributed by atoms with Crippen LogP contribution in [-0.4, -0.2) is 10.9 Å². The lowest BCUT2D eigenvalue weighted by Crippen LogP contribution is -2.11. The molecular formula is C19H18BrN3OS. The number of nitrogens with zero attached hydrogens (tertiary/aromatic N) is 1. The molecule has 4 nitrogen and oxygen atoms in total. The number of hydrogen-bond donors (Lipinski definition) is 2. The first-order valence-corrected chi connectivity index (χ1v) is 10.0. The Balaban J connectivity index is 1.70. The van der Waals surface area contributed by atoms with Crippen molar-refractivity contribution in [1.29, 1.82) is 0 Å². The molecule has 0 atom stereocenters. The van der Waals surface area contributed by atoms with Gasteiger partial charge in [-0.05, 0) is 55.5 Å². The summed E-state index contributed by atoms with van der Waals surface area (Å²) in [5, 5.41) is 3.82. The third-order valence-electron chi connectivity index (χ3n) is 4.54. The van der Waals surface area contributed by atoms with Gasteiger partial charge in [-0.2, -0.15) is 0 Å². The summed E-state index contributed by atoms with van der Waals surface area (Å²) < 4.78 is 0.917. The maximum absolute atomic E-state index is 12.7. The zero-order valence-corrected chi connectivity index (χ0v) is 16.0. The zero-order valence-electron chi connectivity index (χ0n) is 13.6. The molecule has 3 N–H and O–H groups in total. The molecule has 0 saturated carbocycles. The van der Waals surface area contributed by atoms with E-state index in [1.165, 1.54) is 41.9 Å². The van der Waals surface area contributed by atoms with E-state index in [4.69, 9.17) is 10.7 Å². The topological polar surface area (TPSA) is 68.0 Å². The maximum Gasteiger partial charge on any atom is 0.267 e. The molecule has 0 saturated heterocycles. The molecule has 1 aliphatic carbocycles. The van der Waals surface area contributed by atoms with Gasteiger partial charge >= 0.3 is 0 Å². The predicted molar refractivity (Wildman–Crippen MR) is 107 cm³/mol. The number of carbonyl (C=O) groups excluding carboxylic acids is 1. The Morgan fingerprint density at radius 3 is 2.88 bits per heavy atom. The van der Waals surface area contributed by atoms with Crippen LogP contribution < -0.4 is 11.1 Å². The Labute approximate surface area is 158 Å². The molecule has 1 aromatic carbocycles. The highest BCUT2D eigenvalue weighted by atomic mass is 79.9. The van der Waals surface area contributed by atoms with Gasteiger partial charge in [0.25, 0.3) is 5.91 Å². The number of carbonyl (C=O) groups is 1. The second-order valence-corrected chi connectivity index (χ2v) is 8.23. The van der Waals surface area contributed by atoms with Crippen LogP contribution in [0.1, 0.15) is 40.2 Å². The van der Waals surface area contributed by atoms with Crippen molar-refractivity contribution >= 4 is 54.8 Å². The number of benzene rings is 1. The lowest BCUT2D eigenvalue weighted by molar-refractivity contribution is 0.103. The highest BCUT2D eigenvalue weighted by molar-refractivity contribution is 9.10. The molecule has 25 heavy (non-hydrogen) atoms. The van der Waals surface area contributed by atoms with Crippen molar-refractivity contribution in [2.45, 2.75) is 32.1 Å². The number of nitrogen functional groups attached to an aromatic ring is 1. The van der Waals surface area contributed by atoms with Crippen LogP contribution in [0.15, 0.2) is 34.8 Å². The van der Waals surface area contributed by atoms with Gasteiger partial charge in [-0.3, -0.25) is 4.79 Å². The molecule has 128 valence electrons. The normalized spacial score (nSPS) is 14.1. The monoisotopic (exact) mass is 415 g/mol. The summed E-state index contributed by atoms with van der Waals surface area (Å²) in [5.41, 5.74) is 10.0. The number of fused-ring (bicyclic) bond motifs is 2. The Morgan fingerprint density at radius 1 is 1.20 bits per heavy atom. The Bertz CT molecular complexity index is 967. The van der Waals surface area contributed by atoms with Crippen molar-refractivity contribution < 1.29 is 4.79 Å². The van der Waals surface area contributed by atoms with E-state index in [9.17, 15) is 4.79 Å². The molecule has 0 fully saturated rings. The van der Waals surface area contributed by atoms with Crippen LogP contribution in [0.2, 0.25) is 0 Å². The standard InChI is InChI=1S/C19H18BrN3OS/c20-12-6-4-7-13(10-12)22-18(24)17-16(21)14-9-11-5-2-1-3-8-15(11)23-19(14)25-17/h4,6-7,9-10H,1-3,5,8,21H2,(H,22,24). The average Bonchev–Trinajstić information content (AvgIpc) is 2.76. The van der Waals surface area contributed by atoms with Gasteiger partial charge in [-0.1, -0.05) is 28.4 Å². The molecule has 0 bridgehead atoms. The van der Waals surface area contributed by atoms with Gasteiger partial charge in [-0.15, -0.1) is 11.3 Å². The van der Waals surface area contributed by atoms with Crippen molar-refractivity contribution in [1.82, 2.24) is 4.98 Å². The number of thiophene rings is 1. The minimum atomic E-state index is -0.186. The summed E-state index contributed by atoms with van der Waals surface area (Å²) >= 11 is 4.79. The number of nitrogens with two attached hydrogens (primary N) is 1. The van der Waals surface area contributed by atoms with Crippen LogP contribution in [0.4, 0.5) is 11.4 Å². The maximum atomic E-state index is 12.7. The number of nitrogens with one attached hydrogen (secondary N) is 1. The summed E-state index contributed by atoms with van der Waals surface area (Å²) in [4.78, 5) is 18.9. The largest absolute Gasteiger partial charge is 0.397 e. The van der Waals surface area contributed by atoms with Crippen molar-refractivity contribution in [2.75, 3.05) is 11.1 Å². The minimum Gasteiger partial charge on any atom is -0.397 e. The van der Waals surface area contributed by atoms with Crippen LogP contribution in [0.5, 0.6) is 0 Å². The summed E-state index contributed by atoms with van der Waals surface area (Å²) in [6.07, 6.45) is 5.69. The molecule has 0 radical (unpaired) electrons. The molecule has 3 aromatic rings. The first-order chi connectivity index (χ1) is 12.1. The van der Waals surface area contributed by atoms with E-state index in [-0.39, 0.29) is 5.91 Å². The quantitative estimate of drug-likeness (QED) is 0.567.